The Morgan fingerprint density at radius 2 is 2.08 bits per heavy atom. The van der Waals surface area contributed by atoms with Gasteiger partial charge < -0.3 is 20.2 Å². The molecule has 0 saturated carbocycles. The van der Waals surface area contributed by atoms with E-state index >= 15 is 0 Å². The van der Waals surface area contributed by atoms with Crippen LogP contribution in [0.15, 0.2) is 36.5 Å². The second-order valence-corrected chi connectivity index (χ2v) is 7.18. The molecule has 6 heteroatoms. The molecular formula is C20H27N5O. The molecule has 1 saturated heterocycles. The van der Waals surface area contributed by atoms with Crippen molar-refractivity contribution in [3.63, 3.8) is 0 Å². The maximum atomic E-state index is 9.12. The van der Waals surface area contributed by atoms with E-state index in [9.17, 15) is 0 Å². The number of fused-ring (bicyclic) bond motifs is 1. The van der Waals surface area contributed by atoms with E-state index in [4.69, 9.17) is 10.1 Å². The molecular weight excluding hydrogens is 326 g/mol. The van der Waals surface area contributed by atoms with Gasteiger partial charge in [0.05, 0.1) is 24.2 Å². The molecule has 3 heterocycles. The number of aromatic nitrogens is 2. The zero-order valence-electron chi connectivity index (χ0n) is 15.1. The van der Waals surface area contributed by atoms with Crippen molar-refractivity contribution in [1.29, 1.82) is 0 Å². The zero-order chi connectivity index (χ0) is 17.8. The first-order valence-electron chi connectivity index (χ1n) is 9.59. The highest BCUT2D eigenvalue weighted by Gasteiger charge is 2.23. The molecule has 0 radical (unpaired) electrons. The van der Waals surface area contributed by atoms with Crippen LogP contribution in [-0.2, 0) is 6.42 Å². The topological polar surface area (TPSA) is 64.5 Å². The summed E-state index contributed by atoms with van der Waals surface area (Å²) in [5.41, 5.74) is 3.44. The summed E-state index contributed by atoms with van der Waals surface area (Å²) in [6.45, 7) is 5.01. The number of rotatable bonds is 6. The smallest absolute Gasteiger partial charge is 0.223 e. The number of para-hydroxylation sites is 1. The molecule has 1 aromatic carbocycles. The first-order valence-corrected chi connectivity index (χ1v) is 9.59. The molecule has 2 N–H and O–H groups in total. The molecule has 2 aliphatic heterocycles. The van der Waals surface area contributed by atoms with Crippen LogP contribution in [0.3, 0.4) is 0 Å². The highest BCUT2D eigenvalue weighted by Crippen LogP contribution is 2.33. The summed E-state index contributed by atoms with van der Waals surface area (Å²) in [6, 6.07) is 10.4. The number of hydrogen-bond donors (Lipinski definition) is 2. The van der Waals surface area contributed by atoms with Crippen LogP contribution in [0.1, 0.15) is 18.5 Å². The lowest BCUT2D eigenvalue weighted by Crippen LogP contribution is -2.39. The SMILES string of the molecule is OCCN1CCC[C@H](CNc2ncc3c(n2)CCN3c2ccccc2)C1. The minimum atomic E-state index is 0.242. The number of piperidine rings is 1. The van der Waals surface area contributed by atoms with Gasteiger partial charge in [0.25, 0.3) is 0 Å². The number of aliphatic hydroxyl groups is 1. The average Bonchev–Trinajstić information content (AvgIpc) is 3.11. The van der Waals surface area contributed by atoms with Crippen molar-refractivity contribution in [3.8, 4) is 0 Å². The third-order valence-electron chi connectivity index (χ3n) is 5.34. The Balaban J connectivity index is 1.38. The Hall–Kier alpha value is -2.18. The van der Waals surface area contributed by atoms with Crippen molar-refractivity contribution in [2.45, 2.75) is 19.3 Å². The number of anilines is 3. The van der Waals surface area contributed by atoms with Gasteiger partial charge in [-0.05, 0) is 37.4 Å². The third-order valence-corrected chi connectivity index (χ3v) is 5.34. The molecule has 0 bridgehead atoms. The molecule has 2 aromatic rings. The summed E-state index contributed by atoms with van der Waals surface area (Å²) >= 11 is 0. The monoisotopic (exact) mass is 353 g/mol. The van der Waals surface area contributed by atoms with Gasteiger partial charge in [-0.15, -0.1) is 0 Å². The van der Waals surface area contributed by atoms with Gasteiger partial charge in [-0.25, -0.2) is 9.97 Å². The van der Waals surface area contributed by atoms with Crippen molar-refractivity contribution in [1.82, 2.24) is 14.9 Å². The quantitative estimate of drug-likeness (QED) is 0.831. The number of nitrogens with one attached hydrogen (secondary N) is 1. The van der Waals surface area contributed by atoms with E-state index in [2.05, 4.69) is 44.4 Å². The minimum Gasteiger partial charge on any atom is -0.395 e. The van der Waals surface area contributed by atoms with Crippen LogP contribution in [0.2, 0.25) is 0 Å². The Kier molecular flexibility index (Phi) is 5.32. The number of nitrogens with zero attached hydrogens (tertiary/aromatic N) is 4. The van der Waals surface area contributed by atoms with Gasteiger partial charge in [0.15, 0.2) is 0 Å². The fraction of sp³-hybridized carbons (Fsp3) is 0.500. The summed E-state index contributed by atoms with van der Waals surface area (Å²) in [5, 5.41) is 12.6. The van der Waals surface area contributed by atoms with Crippen LogP contribution >= 0.6 is 0 Å². The largest absolute Gasteiger partial charge is 0.395 e. The van der Waals surface area contributed by atoms with Gasteiger partial charge in [0, 0.05) is 38.3 Å². The van der Waals surface area contributed by atoms with Crippen LogP contribution in [-0.4, -0.2) is 59.3 Å². The van der Waals surface area contributed by atoms with Crippen LogP contribution < -0.4 is 10.2 Å². The van der Waals surface area contributed by atoms with E-state index in [1.54, 1.807) is 0 Å². The average molecular weight is 353 g/mol. The van der Waals surface area contributed by atoms with Crippen LogP contribution in [0.4, 0.5) is 17.3 Å². The maximum Gasteiger partial charge on any atom is 0.223 e. The molecule has 1 fully saturated rings. The summed E-state index contributed by atoms with van der Waals surface area (Å²) in [7, 11) is 0. The lowest BCUT2D eigenvalue weighted by molar-refractivity contribution is 0.144. The molecule has 0 spiro atoms. The van der Waals surface area contributed by atoms with E-state index in [-0.39, 0.29) is 6.61 Å². The molecule has 2 aliphatic rings. The molecule has 0 amide bonds. The number of benzene rings is 1. The Morgan fingerprint density at radius 1 is 1.19 bits per heavy atom. The molecule has 6 nitrogen and oxygen atoms in total. The molecule has 0 unspecified atom stereocenters. The molecule has 138 valence electrons. The number of β-amino-alcohol motifs (C(OH)–C–C–N with tert-alkyl or cyclic N) is 1. The number of aliphatic hydroxyl groups excluding tert-OH is 1. The van der Waals surface area contributed by atoms with Crippen molar-refractivity contribution in [2.24, 2.45) is 5.92 Å². The summed E-state index contributed by atoms with van der Waals surface area (Å²) in [6.07, 6.45) is 5.32. The van der Waals surface area contributed by atoms with E-state index in [0.717, 1.165) is 56.5 Å². The Morgan fingerprint density at radius 3 is 2.92 bits per heavy atom. The predicted molar refractivity (Wildman–Crippen MR) is 104 cm³/mol. The van der Waals surface area contributed by atoms with Crippen LogP contribution in [0.5, 0.6) is 0 Å². The first-order chi connectivity index (χ1) is 12.8. The van der Waals surface area contributed by atoms with E-state index in [1.807, 2.05) is 12.3 Å². The van der Waals surface area contributed by atoms with Crippen molar-refractivity contribution in [3.05, 3.63) is 42.2 Å². The van der Waals surface area contributed by atoms with Crippen LogP contribution in [0.25, 0.3) is 0 Å². The summed E-state index contributed by atoms with van der Waals surface area (Å²) < 4.78 is 0. The lowest BCUT2D eigenvalue weighted by atomic mass is 9.98. The van der Waals surface area contributed by atoms with Gasteiger partial charge >= 0.3 is 0 Å². The minimum absolute atomic E-state index is 0.242. The van der Waals surface area contributed by atoms with Crippen molar-refractivity contribution < 1.29 is 5.11 Å². The van der Waals surface area contributed by atoms with Crippen molar-refractivity contribution in [2.75, 3.05) is 49.5 Å². The fourth-order valence-corrected chi connectivity index (χ4v) is 4.02. The summed E-state index contributed by atoms with van der Waals surface area (Å²) in [4.78, 5) is 13.9. The van der Waals surface area contributed by atoms with Crippen molar-refractivity contribution >= 4 is 17.3 Å². The molecule has 4 rings (SSSR count). The van der Waals surface area contributed by atoms with Gasteiger partial charge in [0.2, 0.25) is 5.95 Å². The highest BCUT2D eigenvalue weighted by atomic mass is 16.3. The Bertz CT molecular complexity index is 721. The van der Waals surface area contributed by atoms with Gasteiger partial charge in [0.1, 0.15) is 0 Å². The number of likely N-dealkylation sites (tertiary alicyclic amines) is 1. The highest BCUT2D eigenvalue weighted by molar-refractivity contribution is 5.68. The second-order valence-electron chi connectivity index (χ2n) is 7.18. The van der Waals surface area contributed by atoms with Gasteiger partial charge in [-0.3, -0.25) is 0 Å². The predicted octanol–water partition coefficient (Wildman–Crippen LogP) is 2.29. The summed E-state index contributed by atoms with van der Waals surface area (Å²) in [5.74, 6) is 1.32. The first kappa shape index (κ1) is 17.2. The molecule has 0 aliphatic carbocycles. The second kappa shape index (κ2) is 8.01. The van der Waals surface area contributed by atoms with Gasteiger partial charge in [-0.1, -0.05) is 18.2 Å². The number of hydrogen-bond acceptors (Lipinski definition) is 6. The zero-order valence-corrected chi connectivity index (χ0v) is 15.1. The van der Waals surface area contributed by atoms with E-state index < -0.39 is 0 Å². The molecule has 1 aromatic heterocycles. The third kappa shape index (κ3) is 3.81. The molecule has 26 heavy (non-hydrogen) atoms. The fourth-order valence-electron chi connectivity index (χ4n) is 4.02. The molecule has 1 atom stereocenters. The van der Waals surface area contributed by atoms with Crippen LogP contribution in [0, 0.1) is 5.92 Å². The van der Waals surface area contributed by atoms with E-state index in [0.29, 0.717) is 5.92 Å². The standard InChI is InChI=1S/C20H27N5O/c26-12-11-24-9-4-5-16(15-24)13-21-20-22-14-19-18(23-20)8-10-25(19)17-6-2-1-3-7-17/h1-3,6-7,14,16,26H,4-5,8-13,15H2,(H,21,22,23)/t16-/m1/s1. The lowest BCUT2D eigenvalue weighted by Gasteiger charge is -2.32. The van der Waals surface area contributed by atoms with Gasteiger partial charge in [-0.2, -0.15) is 0 Å². The normalized spacial score (nSPS) is 20.2. The Labute approximate surface area is 154 Å². The van der Waals surface area contributed by atoms with E-state index in [1.165, 1.54) is 18.5 Å². The maximum absolute atomic E-state index is 9.12.